The van der Waals surface area contributed by atoms with E-state index in [1.807, 2.05) is 4.72 Å². The van der Waals surface area contributed by atoms with Crippen LogP contribution in [-0.2, 0) is 10.0 Å². The third-order valence-electron chi connectivity index (χ3n) is 2.57. The second-order valence-electron chi connectivity index (χ2n) is 4.25. The number of nitrogens with two attached hydrogens (primary N) is 1. The predicted molar refractivity (Wildman–Crippen MR) is 80.1 cm³/mol. The fraction of sp³-hybridized carbons (Fsp3) is 0.455. The summed E-state index contributed by atoms with van der Waals surface area (Å²) in [6.45, 7) is 1.39. The average molecular weight is 394 g/mol. The molecule has 0 aliphatic heterocycles. The number of alkyl halides is 2. The van der Waals surface area contributed by atoms with Crippen molar-refractivity contribution in [1.29, 1.82) is 0 Å². The van der Waals surface area contributed by atoms with Gasteiger partial charge in [-0.25, -0.2) is 21.9 Å². The molecule has 20 heavy (non-hydrogen) atoms. The van der Waals surface area contributed by atoms with E-state index in [4.69, 9.17) is 5.73 Å². The summed E-state index contributed by atoms with van der Waals surface area (Å²) in [5, 5.41) is 0. The molecule has 0 atom stereocenters. The average Bonchev–Trinajstić information content (AvgIpc) is 2.31. The zero-order valence-corrected chi connectivity index (χ0v) is 14.1. The van der Waals surface area contributed by atoms with Gasteiger partial charge in [-0.05, 0) is 37.1 Å². The van der Waals surface area contributed by atoms with E-state index in [9.17, 15) is 17.2 Å². The summed E-state index contributed by atoms with van der Waals surface area (Å²) < 4.78 is 52.6. The summed E-state index contributed by atoms with van der Waals surface area (Å²) in [4.78, 5) is -0.0129. The summed E-state index contributed by atoms with van der Waals surface area (Å²) in [6.07, 6.45) is 0. The topological polar surface area (TPSA) is 72.2 Å². The van der Waals surface area contributed by atoms with Crippen LogP contribution in [0.25, 0.3) is 0 Å². The van der Waals surface area contributed by atoms with Crippen LogP contribution in [0.4, 0.5) is 8.78 Å². The number of benzene rings is 1. The lowest BCUT2D eigenvalue weighted by Gasteiger charge is -2.16. The van der Waals surface area contributed by atoms with Gasteiger partial charge in [0, 0.05) is 4.47 Å². The van der Waals surface area contributed by atoms with Crippen LogP contribution < -0.4 is 10.5 Å². The first-order chi connectivity index (χ1) is 8.59. The van der Waals surface area contributed by atoms with Crippen molar-refractivity contribution >= 4 is 38.4 Å². The van der Waals surface area contributed by atoms with Gasteiger partial charge in [0.05, 0.1) is 18.0 Å². The van der Waals surface area contributed by atoms with Crippen molar-refractivity contribution in [3.8, 4) is 0 Å². The molecule has 0 spiro atoms. The molecule has 1 aromatic carbocycles. The van der Waals surface area contributed by atoms with Crippen molar-refractivity contribution < 1.29 is 17.2 Å². The van der Waals surface area contributed by atoms with Crippen molar-refractivity contribution in [2.24, 2.45) is 5.73 Å². The summed E-state index contributed by atoms with van der Waals surface area (Å²) >= 11 is 3.28. The molecule has 1 aromatic rings. The minimum Gasteiger partial charge on any atom is -0.325 e. The smallest absolute Gasteiger partial charge is 0.273 e. The predicted octanol–water partition coefficient (Wildman–Crippen LogP) is 2.36. The Bertz CT molecular complexity index is 582. The van der Waals surface area contributed by atoms with E-state index in [0.717, 1.165) is 4.47 Å². The molecule has 4 nitrogen and oxygen atoms in total. The van der Waals surface area contributed by atoms with Crippen LogP contribution >= 0.6 is 28.3 Å². The minimum atomic E-state index is -3.98. The fourth-order valence-corrected chi connectivity index (χ4v) is 3.22. The van der Waals surface area contributed by atoms with Gasteiger partial charge in [0.1, 0.15) is 0 Å². The summed E-state index contributed by atoms with van der Waals surface area (Å²) in [5.74, 6) is -3.26. The van der Waals surface area contributed by atoms with Gasteiger partial charge >= 0.3 is 0 Å². The lowest BCUT2D eigenvalue weighted by Crippen LogP contribution is -2.41. The van der Waals surface area contributed by atoms with Crippen LogP contribution in [0.3, 0.4) is 0 Å². The molecule has 0 saturated carbocycles. The van der Waals surface area contributed by atoms with E-state index in [0.29, 0.717) is 11.1 Å². The Morgan fingerprint density at radius 2 is 1.85 bits per heavy atom. The van der Waals surface area contributed by atoms with E-state index in [-0.39, 0.29) is 17.3 Å². The highest BCUT2D eigenvalue weighted by molar-refractivity contribution is 9.10. The second kappa shape index (κ2) is 7.13. The van der Waals surface area contributed by atoms with Gasteiger partial charge in [-0.2, -0.15) is 0 Å². The SMILES string of the molecule is Cc1cc(S(=O)(=O)NCC(F)(F)CN)c(C)cc1Br.Cl. The van der Waals surface area contributed by atoms with E-state index in [1.165, 1.54) is 6.07 Å². The molecule has 1 rings (SSSR count). The van der Waals surface area contributed by atoms with E-state index >= 15 is 0 Å². The maximum atomic E-state index is 13.0. The van der Waals surface area contributed by atoms with Crippen LogP contribution in [0.2, 0.25) is 0 Å². The van der Waals surface area contributed by atoms with E-state index in [2.05, 4.69) is 15.9 Å². The fourth-order valence-electron chi connectivity index (χ4n) is 1.39. The Morgan fingerprint density at radius 1 is 1.30 bits per heavy atom. The molecular formula is C11H16BrClF2N2O2S. The van der Waals surface area contributed by atoms with Crippen LogP contribution in [0.15, 0.2) is 21.5 Å². The third-order valence-corrected chi connectivity index (χ3v) is 4.96. The monoisotopic (exact) mass is 392 g/mol. The number of aryl methyl sites for hydroxylation is 2. The van der Waals surface area contributed by atoms with Crippen molar-refractivity contribution in [3.63, 3.8) is 0 Å². The van der Waals surface area contributed by atoms with Gasteiger partial charge in [-0.1, -0.05) is 15.9 Å². The zero-order valence-electron chi connectivity index (χ0n) is 10.9. The maximum Gasteiger partial charge on any atom is 0.273 e. The molecule has 0 saturated heterocycles. The number of halogens is 4. The molecular weight excluding hydrogens is 378 g/mol. The first-order valence-electron chi connectivity index (χ1n) is 5.43. The van der Waals surface area contributed by atoms with Gasteiger partial charge in [-0.3, -0.25) is 0 Å². The lowest BCUT2D eigenvalue weighted by molar-refractivity contribution is 0.0170. The zero-order chi connectivity index (χ0) is 14.8. The Hall–Kier alpha value is -0.280. The second-order valence-corrected chi connectivity index (χ2v) is 6.84. The highest BCUT2D eigenvalue weighted by Gasteiger charge is 2.30. The Balaban J connectivity index is 0.00000361. The molecule has 0 bridgehead atoms. The maximum absolute atomic E-state index is 13.0. The molecule has 116 valence electrons. The first kappa shape index (κ1) is 19.7. The Kier molecular flexibility index (Phi) is 7.03. The van der Waals surface area contributed by atoms with Gasteiger partial charge in [0.25, 0.3) is 5.92 Å². The van der Waals surface area contributed by atoms with Crippen LogP contribution in [0.1, 0.15) is 11.1 Å². The number of hydrogen-bond acceptors (Lipinski definition) is 3. The van der Waals surface area contributed by atoms with Crippen LogP contribution in [0.5, 0.6) is 0 Å². The highest BCUT2D eigenvalue weighted by atomic mass is 79.9. The lowest BCUT2D eigenvalue weighted by atomic mass is 10.2. The molecule has 0 fully saturated rings. The largest absolute Gasteiger partial charge is 0.325 e. The van der Waals surface area contributed by atoms with Gasteiger partial charge in [0.2, 0.25) is 10.0 Å². The summed E-state index contributed by atoms with van der Waals surface area (Å²) in [6, 6.07) is 3.06. The number of nitrogens with one attached hydrogen (secondary N) is 1. The summed E-state index contributed by atoms with van der Waals surface area (Å²) in [7, 11) is -3.98. The van der Waals surface area contributed by atoms with Crippen LogP contribution in [0, 0.1) is 13.8 Å². The molecule has 0 aliphatic rings. The van der Waals surface area contributed by atoms with Gasteiger partial charge in [-0.15, -0.1) is 12.4 Å². The molecule has 0 aliphatic carbocycles. The number of sulfonamides is 1. The Morgan fingerprint density at radius 3 is 2.35 bits per heavy atom. The molecule has 0 amide bonds. The molecule has 0 unspecified atom stereocenters. The van der Waals surface area contributed by atoms with E-state index in [1.54, 1.807) is 19.9 Å². The number of rotatable bonds is 5. The standard InChI is InChI=1S/C11H15BrF2N2O2S.ClH/c1-7-4-10(8(2)3-9(7)12)19(17,18)16-6-11(13,14)5-15;/h3-4,16H,5-6,15H2,1-2H3;1H. The van der Waals surface area contributed by atoms with Gasteiger partial charge in [0.15, 0.2) is 0 Å². The normalized spacial score (nSPS) is 12.1. The first-order valence-corrected chi connectivity index (χ1v) is 7.71. The minimum absolute atomic E-state index is 0. The Labute approximate surface area is 131 Å². The van der Waals surface area contributed by atoms with Crippen LogP contribution in [-0.4, -0.2) is 27.4 Å². The third kappa shape index (κ3) is 4.92. The number of hydrogen-bond donors (Lipinski definition) is 2. The molecule has 0 aromatic heterocycles. The highest BCUT2D eigenvalue weighted by Crippen LogP contribution is 2.24. The van der Waals surface area contributed by atoms with Crippen molar-refractivity contribution in [1.82, 2.24) is 4.72 Å². The van der Waals surface area contributed by atoms with Crippen molar-refractivity contribution in [2.75, 3.05) is 13.1 Å². The van der Waals surface area contributed by atoms with Crippen molar-refractivity contribution in [3.05, 3.63) is 27.7 Å². The van der Waals surface area contributed by atoms with Crippen molar-refractivity contribution in [2.45, 2.75) is 24.7 Å². The quantitative estimate of drug-likeness (QED) is 0.806. The molecule has 3 N–H and O–H groups in total. The van der Waals surface area contributed by atoms with Gasteiger partial charge < -0.3 is 5.73 Å². The molecule has 0 radical (unpaired) electrons. The van der Waals surface area contributed by atoms with E-state index < -0.39 is 29.0 Å². The summed E-state index contributed by atoms with van der Waals surface area (Å²) in [5.41, 5.74) is 6.04. The molecule has 9 heteroatoms. The molecule has 0 heterocycles.